The first kappa shape index (κ1) is 26.6. The van der Waals surface area contributed by atoms with E-state index in [0.717, 1.165) is 4.68 Å². The van der Waals surface area contributed by atoms with Crippen LogP contribution in [0.15, 0.2) is 12.5 Å². The van der Waals surface area contributed by atoms with Gasteiger partial charge in [-0.05, 0) is 0 Å². The molecule has 0 aromatic carbocycles. The Bertz CT molecular complexity index is 1280. The molecule has 17 heteroatoms. The SMILES string of the molecule is CCC(F)(F)Cc1cn(-c2nc(NCC(C)(F)F)c3ncn(C4O[C@H](C(=O)NC)[C@@H](O)[C@H]4O)c3n2)nn1. The summed E-state index contributed by atoms with van der Waals surface area (Å²) in [4.78, 5) is 24.6. The highest BCUT2D eigenvalue weighted by molar-refractivity contribution is 5.84. The minimum absolute atomic E-state index is 0.000428. The van der Waals surface area contributed by atoms with Crippen LogP contribution in [0.3, 0.4) is 0 Å². The number of nitrogens with zero attached hydrogens (tertiary/aromatic N) is 7. The molecule has 4 rings (SSSR count). The van der Waals surface area contributed by atoms with Gasteiger partial charge < -0.3 is 25.6 Å². The number of ether oxygens (including phenoxy) is 1. The molecule has 1 saturated heterocycles. The molecular formula is C20H25F4N9O4. The Morgan fingerprint density at radius 2 is 1.95 bits per heavy atom. The summed E-state index contributed by atoms with van der Waals surface area (Å²) >= 11 is 0. The first-order valence-electron chi connectivity index (χ1n) is 11.2. The van der Waals surface area contributed by atoms with E-state index in [4.69, 9.17) is 4.74 Å². The van der Waals surface area contributed by atoms with E-state index in [1.807, 2.05) is 0 Å². The number of carbonyl (C=O) groups is 1. The number of alkyl halides is 4. The quantitative estimate of drug-likeness (QED) is 0.285. The Hall–Kier alpha value is -3.44. The number of hydrogen-bond donors (Lipinski definition) is 4. The van der Waals surface area contributed by atoms with E-state index in [2.05, 4.69) is 35.9 Å². The third kappa shape index (κ3) is 5.47. The Morgan fingerprint density at radius 3 is 2.59 bits per heavy atom. The van der Waals surface area contributed by atoms with Crippen molar-refractivity contribution in [2.24, 2.45) is 0 Å². The van der Waals surface area contributed by atoms with Crippen molar-refractivity contribution in [3.8, 4) is 5.95 Å². The van der Waals surface area contributed by atoms with Gasteiger partial charge in [0.2, 0.25) is 0 Å². The number of anilines is 1. The standard InChI is InChI=1S/C20H25F4N9O4/c1-4-20(23,24)5-9-6-33(31-30-9)18-28-14(26-7-19(2,21)22)10-15(29-18)32(8-27-10)17-12(35)11(34)13(37-17)16(36)25-3/h6,8,11-13,17,34-35H,4-5,7H2,1-3H3,(H,25,36)(H,26,28,29)/t11-,12+,13-,17?/m0/s1. The lowest BCUT2D eigenvalue weighted by molar-refractivity contribution is -0.137. The van der Waals surface area contributed by atoms with E-state index in [-0.39, 0.29) is 28.6 Å². The predicted octanol–water partition coefficient (Wildman–Crippen LogP) is 0.427. The molecule has 3 aromatic rings. The molecule has 0 bridgehead atoms. The number of imidazole rings is 1. The maximum atomic E-state index is 13.8. The highest BCUT2D eigenvalue weighted by Gasteiger charge is 2.47. The average Bonchev–Trinajstić information content (AvgIpc) is 3.54. The van der Waals surface area contributed by atoms with Crippen LogP contribution >= 0.6 is 0 Å². The Labute approximate surface area is 206 Å². The zero-order valence-corrected chi connectivity index (χ0v) is 19.9. The van der Waals surface area contributed by atoms with Crippen molar-refractivity contribution in [3.05, 3.63) is 18.2 Å². The number of rotatable bonds is 9. The van der Waals surface area contributed by atoms with Crippen LogP contribution in [0, 0.1) is 0 Å². The molecule has 0 saturated carbocycles. The van der Waals surface area contributed by atoms with Crippen LogP contribution in [-0.2, 0) is 16.0 Å². The van der Waals surface area contributed by atoms with Crippen LogP contribution < -0.4 is 10.6 Å². The van der Waals surface area contributed by atoms with Gasteiger partial charge in [-0.3, -0.25) is 9.36 Å². The van der Waals surface area contributed by atoms with Crippen LogP contribution in [0.1, 0.15) is 32.2 Å². The highest BCUT2D eigenvalue weighted by Crippen LogP contribution is 2.33. The number of nitrogens with one attached hydrogen (secondary N) is 2. The Morgan fingerprint density at radius 1 is 1.22 bits per heavy atom. The molecule has 13 nitrogen and oxygen atoms in total. The van der Waals surface area contributed by atoms with Gasteiger partial charge >= 0.3 is 0 Å². The summed E-state index contributed by atoms with van der Waals surface area (Å²) in [5.74, 6) is -7.19. The van der Waals surface area contributed by atoms with Gasteiger partial charge in [0.1, 0.15) is 12.2 Å². The van der Waals surface area contributed by atoms with E-state index in [0.29, 0.717) is 6.92 Å². The Balaban J connectivity index is 1.77. The fourth-order valence-electron chi connectivity index (χ4n) is 3.67. The van der Waals surface area contributed by atoms with Crippen molar-refractivity contribution < 1.29 is 37.3 Å². The van der Waals surface area contributed by atoms with Crippen LogP contribution in [-0.4, -0.2) is 94.4 Å². The molecular weight excluding hydrogens is 506 g/mol. The van der Waals surface area contributed by atoms with Crippen LogP contribution in [0.5, 0.6) is 0 Å². The van der Waals surface area contributed by atoms with E-state index >= 15 is 0 Å². The van der Waals surface area contributed by atoms with E-state index in [1.165, 1.54) is 31.1 Å². The summed E-state index contributed by atoms with van der Waals surface area (Å²) < 4.78 is 62.5. The molecule has 0 aliphatic carbocycles. The zero-order valence-electron chi connectivity index (χ0n) is 19.9. The van der Waals surface area contributed by atoms with E-state index in [1.54, 1.807) is 0 Å². The molecule has 1 fully saturated rings. The lowest BCUT2D eigenvalue weighted by Crippen LogP contribution is -2.41. The number of likely N-dealkylation sites (N-methyl/N-ethyl adjacent to an activating group) is 1. The summed E-state index contributed by atoms with van der Waals surface area (Å²) in [6, 6.07) is 0. The van der Waals surface area contributed by atoms with Gasteiger partial charge in [0.15, 0.2) is 29.3 Å². The Kier molecular flexibility index (Phi) is 7.04. The number of aliphatic hydroxyl groups excluding tert-OH is 2. The number of fused-ring (bicyclic) bond motifs is 1. The van der Waals surface area contributed by atoms with Crippen molar-refractivity contribution in [1.29, 1.82) is 0 Å². The number of hydrogen-bond acceptors (Lipinski definition) is 10. The molecule has 4 atom stereocenters. The third-order valence-electron chi connectivity index (χ3n) is 5.70. The summed E-state index contributed by atoms with van der Waals surface area (Å²) in [5, 5.41) is 33.1. The molecule has 0 spiro atoms. The second-order valence-electron chi connectivity index (χ2n) is 8.70. The van der Waals surface area contributed by atoms with E-state index < -0.39 is 61.7 Å². The summed E-state index contributed by atoms with van der Waals surface area (Å²) in [7, 11) is 1.33. The molecule has 1 amide bonds. The minimum Gasteiger partial charge on any atom is -0.387 e. The number of halogens is 4. The summed E-state index contributed by atoms with van der Waals surface area (Å²) in [5.41, 5.74) is -0.0963. The number of carbonyl (C=O) groups excluding carboxylic acids is 1. The van der Waals surface area contributed by atoms with Crippen LogP contribution in [0.25, 0.3) is 17.1 Å². The van der Waals surface area contributed by atoms with Gasteiger partial charge in [-0.25, -0.2) is 22.5 Å². The van der Waals surface area contributed by atoms with Gasteiger partial charge in [0.05, 0.1) is 31.2 Å². The summed E-state index contributed by atoms with van der Waals surface area (Å²) in [6.07, 6.45) is -4.65. The zero-order chi connectivity index (χ0) is 27.1. The first-order valence-corrected chi connectivity index (χ1v) is 11.2. The van der Waals surface area contributed by atoms with Crippen molar-refractivity contribution in [2.75, 3.05) is 18.9 Å². The van der Waals surface area contributed by atoms with Gasteiger partial charge in [0, 0.05) is 20.4 Å². The normalized spacial score (nSPS) is 22.5. The first-order chi connectivity index (χ1) is 17.3. The predicted molar refractivity (Wildman–Crippen MR) is 118 cm³/mol. The molecule has 1 unspecified atom stereocenters. The van der Waals surface area contributed by atoms with Crippen LogP contribution in [0.2, 0.25) is 0 Å². The maximum absolute atomic E-state index is 13.8. The van der Waals surface area contributed by atoms with Crippen molar-refractivity contribution >= 4 is 22.9 Å². The molecule has 0 radical (unpaired) electrons. The van der Waals surface area contributed by atoms with Gasteiger partial charge in [0.25, 0.3) is 23.7 Å². The van der Waals surface area contributed by atoms with Gasteiger partial charge in [-0.1, -0.05) is 12.1 Å². The number of aliphatic hydroxyl groups is 2. The molecule has 37 heavy (non-hydrogen) atoms. The monoisotopic (exact) mass is 531 g/mol. The average molecular weight is 531 g/mol. The van der Waals surface area contributed by atoms with Crippen molar-refractivity contribution in [3.63, 3.8) is 0 Å². The lowest BCUT2D eigenvalue weighted by atomic mass is 10.1. The fraction of sp³-hybridized carbons (Fsp3) is 0.600. The van der Waals surface area contributed by atoms with Crippen LogP contribution in [0.4, 0.5) is 23.4 Å². The summed E-state index contributed by atoms with van der Waals surface area (Å²) in [6.45, 7) is 1.20. The third-order valence-corrected chi connectivity index (χ3v) is 5.70. The maximum Gasteiger partial charge on any atom is 0.262 e. The molecule has 1 aliphatic heterocycles. The molecule has 202 valence electrons. The second-order valence-corrected chi connectivity index (χ2v) is 8.70. The number of amides is 1. The van der Waals surface area contributed by atoms with Gasteiger partial charge in [-0.15, -0.1) is 5.10 Å². The molecule has 1 aliphatic rings. The van der Waals surface area contributed by atoms with Crippen molar-refractivity contribution in [1.82, 2.24) is 39.8 Å². The molecule has 4 heterocycles. The van der Waals surface area contributed by atoms with Gasteiger partial charge in [-0.2, -0.15) is 14.6 Å². The lowest BCUT2D eigenvalue weighted by Gasteiger charge is -2.17. The number of aromatic nitrogens is 7. The van der Waals surface area contributed by atoms with E-state index in [9.17, 15) is 32.6 Å². The smallest absolute Gasteiger partial charge is 0.262 e. The molecule has 4 N–H and O–H groups in total. The second kappa shape index (κ2) is 9.79. The minimum atomic E-state index is -3.12. The fourth-order valence-corrected chi connectivity index (χ4v) is 3.67. The van der Waals surface area contributed by atoms with Crippen molar-refractivity contribution in [2.45, 2.75) is 63.1 Å². The topological polar surface area (TPSA) is 165 Å². The molecule has 3 aromatic heterocycles. The largest absolute Gasteiger partial charge is 0.387 e. The highest BCUT2D eigenvalue weighted by atomic mass is 19.3.